The average molecular weight is 240 g/mol. The molecule has 2 heterocycles. The van der Waals surface area contributed by atoms with Gasteiger partial charge in [0, 0.05) is 10.7 Å². The summed E-state index contributed by atoms with van der Waals surface area (Å²) in [5.41, 5.74) is 0.658. The van der Waals surface area contributed by atoms with Crippen LogP contribution in [0, 0.1) is 5.92 Å². The lowest BCUT2D eigenvalue weighted by Gasteiger charge is -2.22. The maximum Gasteiger partial charge on any atom is 0.314 e. The second kappa shape index (κ2) is 4.17. The van der Waals surface area contributed by atoms with Crippen molar-refractivity contribution in [3.8, 4) is 0 Å². The first-order valence-electron chi connectivity index (χ1n) is 5.35. The molecule has 1 atom stereocenters. The normalized spacial score (nSPS) is 24.1. The maximum atomic E-state index is 12.0. The van der Waals surface area contributed by atoms with Crippen LogP contribution in [0.5, 0.6) is 0 Å². The number of thioether (sulfide) groups is 1. The van der Waals surface area contributed by atoms with Gasteiger partial charge in [0.1, 0.15) is 12.2 Å². The molecule has 0 aliphatic carbocycles. The van der Waals surface area contributed by atoms with Gasteiger partial charge in [0.15, 0.2) is 0 Å². The first kappa shape index (κ1) is 11.6. The molecule has 1 unspecified atom stereocenters. The zero-order valence-electron chi connectivity index (χ0n) is 9.78. The third-order valence-electron chi connectivity index (χ3n) is 2.35. The van der Waals surface area contributed by atoms with Crippen LogP contribution in [0.3, 0.4) is 0 Å². The van der Waals surface area contributed by atoms with Gasteiger partial charge in [-0.05, 0) is 32.4 Å². The molecule has 1 saturated heterocycles. The summed E-state index contributed by atoms with van der Waals surface area (Å²) < 4.78 is 10.6. The van der Waals surface area contributed by atoms with Crippen molar-refractivity contribution in [3.63, 3.8) is 0 Å². The second-order valence-electron chi connectivity index (χ2n) is 4.87. The molecule has 0 spiro atoms. The minimum Gasteiger partial charge on any atom is -0.496 e. The lowest BCUT2D eigenvalue weighted by Crippen LogP contribution is -2.29. The lowest BCUT2D eigenvalue weighted by molar-refractivity contribution is -0.157. The van der Waals surface area contributed by atoms with Crippen LogP contribution < -0.4 is 0 Å². The van der Waals surface area contributed by atoms with E-state index in [2.05, 4.69) is 0 Å². The van der Waals surface area contributed by atoms with E-state index in [1.807, 2.05) is 26.8 Å². The number of fused-ring (bicyclic) bond motifs is 1. The van der Waals surface area contributed by atoms with Crippen molar-refractivity contribution in [1.82, 2.24) is 0 Å². The molecule has 0 aromatic rings. The molecule has 0 saturated carbocycles. The van der Waals surface area contributed by atoms with E-state index in [1.165, 1.54) is 0 Å². The number of ether oxygens (including phenoxy) is 2. The Morgan fingerprint density at radius 2 is 2.31 bits per heavy atom. The van der Waals surface area contributed by atoms with Crippen LogP contribution in [0.4, 0.5) is 0 Å². The molecule has 0 bridgehead atoms. The van der Waals surface area contributed by atoms with Crippen LogP contribution in [0.15, 0.2) is 22.8 Å². The van der Waals surface area contributed by atoms with Crippen molar-refractivity contribution in [3.05, 3.63) is 22.8 Å². The van der Waals surface area contributed by atoms with Crippen molar-refractivity contribution in [2.24, 2.45) is 5.92 Å². The number of rotatable bonds is 1. The highest BCUT2D eigenvalue weighted by atomic mass is 32.2. The largest absolute Gasteiger partial charge is 0.496 e. The number of esters is 1. The topological polar surface area (TPSA) is 35.5 Å². The van der Waals surface area contributed by atoms with Crippen LogP contribution in [0.1, 0.15) is 20.8 Å². The molecular formula is C12H16O3S. The predicted octanol–water partition coefficient (Wildman–Crippen LogP) is 2.49. The Morgan fingerprint density at radius 1 is 1.56 bits per heavy atom. The quantitative estimate of drug-likeness (QED) is 0.660. The molecule has 2 rings (SSSR count). The molecule has 0 N–H and O–H groups in total. The van der Waals surface area contributed by atoms with Gasteiger partial charge in [-0.15, -0.1) is 11.8 Å². The number of carbonyl (C=O) groups is 1. The summed E-state index contributed by atoms with van der Waals surface area (Å²) in [6.45, 7) is 6.23. The Balaban J connectivity index is 2.09. The number of hydrogen-bond acceptors (Lipinski definition) is 4. The fraction of sp³-hybridized carbons (Fsp3) is 0.583. The number of allylic oxidation sites excluding steroid dienone is 1. The Bertz CT molecular complexity index is 363. The van der Waals surface area contributed by atoms with Gasteiger partial charge in [-0.3, -0.25) is 4.79 Å². The van der Waals surface area contributed by atoms with Crippen molar-refractivity contribution >= 4 is 17.7 Å². The van der Waals surface area contributed by atoms with E-state index in [-0.39, 0.29) is 11.9 Å². The molecule has 0 aromatic heterocycles. The molecule has 16 heavy (non-hydrogen) atoms. The van der Waals surface area contributed by atoms with E-state index in [0.29, 0.717) is 6.61 Å². The Labute approximate surface area is 99.9 Å². The summed E-state index contributed by atoms with van der Waals surface area (Å²) in [5.74, 6) is 0.506. The van der Waals surface area contributed by atoms with E-state index >= 15 is 0 Å². The van der Waals surface area contributed by atoms with Crippen LogP contribution in [0.2, 0.25) is 0 Å². The summed E-state index contributed by atoms with van der Waals surface area (Å²) in [6.07, 6.45) is 3.72. The molecule has 4 heteroatoms. The first-order valence-corrected chi connectivity index (χ1v) is 6.34. The van der Waals surface area contributed by atoms with Gasteiger partial charge in [-0.1, -0.05) is 0 Å². The molecular weight excluding hydrogens is 224 g/mol. The van der Waals surface area contributed by atoms with Gasteiger partial charge in [0.05, 0.1) is 12.2 Å². The monoisotopic (exact) mass is 240 g/mol. The molecule has 1 fully saturated rings. The highest BCUT2D eigenvalue weighted by Gasteiger charge is 2.36. The maximum absolute atomic E-state index is 12.0. The summed E-state index contributed by atoms with van der Waals surface area (Å²) >= 11 is 1.66. The van der Waals surface area contributed by atoms with E-state index < -0.39 is 5.60 Å². The minimum atomic E-state index is -0.417. The third-order valence-corrected chi connectivity index (χ3v) is 3.49. The van der Waals surface area contributed by atoms with Gasteiger partial charge in [-0.2, -0.15) is 0 Å². The van der Waals surface area contributed by atoms with Crippen LogP contribution >= 0.6 is 11.8 Å². The van der Waals surface area contributed by atoms with E-state index in [0.717, 1.165) is 16.2 Å². The highest BCUT2D eigenvalue weighted by Crippen LogP contribution is 2.42. The molecule has 88 valence electrons. The van der Waals surface area contributed by atoms with Crippen LogP contribution in [-0.4, -0.2) is 23.9 Å². The van der Waals surface area contributed by atoms with Gasteiger partial charge < -0.3 is 9.47 Å². The minimum absolute atomic E-state index is 0.126. The van der Waals surface area contributed by atoms with Crippen LogP contribution in [-0.2, 0) is 14.3 Å². The Hall–Kier alpha value is -0.900. The van der Waals surface area contributed by atoms with E-state index in [9.17, 15) is 4.79 Å². The fourth-order valence-electron chi connectivity index (χ4n) is 1.69. The summed E-state index contributed by atoms with van der Waals surface area (Å²) in [6, 6.07) is 0. The number of hydrogen-bond donors (Lipinski definition) is 0. The van der Waals surface area contributed by atoms with Crippen molar-refractivity contribution in [2.45, 2.75) is 26.4 Å². The fourth-order valence-corrected chi connectivity index (χ4v) is 2.88. The Morgan fingerprint density at radius 3 is 3.00 bits per heavy atom. The smallest absolute Gasteiger partial charge is 0.314 e. The molecule has 3 nitrogen and oxygen atoms in total. The predicted molar refractivity (Wildman–Crippen MR) is 63.9 cm³/mol. The van der Waals surface area contributed by atoms with Gasteiger partial charge in [0.2, 0.25) is 0 Å². The zero-order valence-corrected chi connectivity index (χ0v) is 10.6. The van der Waals surface area contributed by atoms with Gasteiger partial charge >= 0.3 is 5.97 Å². The van der Waals surface area contributed by atoms with Gasteiger partial charge in [0.25, 0.3) is 0 Å². The standard InChI is InChI=1S/C12H16O3S/c1-12(2,3)15-11(13)9-7-16-10-6-14-5-4-8(9)10/h4,6,9H,5,7H2,1-3H3. The van der Waals surface area contributed by atoms with E-state index in [4.69, 9.17) is 9.47 Å². The highest BCUT2D eigenvalue weighted by molar-refractivity contribution is 8.03. The summed E-state index contributed by atoms with van der Waals surface area (Å²) in [5, 5.41) is 0. The average Bonchev–Trinajstić information content (AvgIpc) is 2.58. The third kappa shape index (κ3) is 2.43. The SMILES string of the molecule is CC(C)(C)OC(=O)C1CSC2=COCC=C21. The van der Waals surface area contributed by atoms with Gasteiger partial charge in [-0.25, -0.2) is 0 Å². The molecule has 2 aliphatic rings. The van der Waals surface area contributed by atoms with Crippen molar-refractivity contribution < 1.29 is 14.3 Å². The molecule has 0 amide bonds. The number of carbonyl (C=O) groups excluding carboxylic acids is 1. The Kier molecular flexibility index (Phi) is 3.02. The second-order valence-corrected chi connectivity index (χ2v) is 5.93. The summed E-state index contributed by atoms with van der Waals surface area (Å²) in [7, 11) is 0. The molecule has 0 radical (unpaired) electrons. The van der Waals surface area contributed by atoms with Crippen LogP contribution in [0.25, 0.3) is 0 Å². The van der Waals surface area contributed by atoms with Crippen molar-refractivity contribution in [1.29, 1.82) is 0 Å². The lowest BCUT2D eigenvalue weighted by atomic mass is 10.00. The van der Waals surface area contributed by atoms with E-state index in [1.54, 1.807) is 18.0 Å². The first-order chi connectivity index (χ1) is 7.47. The zero-order chi connectivity index (χ0) is 11.8. The molecule has 2 aliphatic heterocycles. The van der Waals surface area contributed by atoms with Crippen molar-refractivity contribution in [2.75, 3.05) is 12.4 Å². The summed E-state index contributed by atoms with van der Waals surface area (Å²) in [4.78, 5) is 13.0. The molecule has 0 aromatic carbocycles.